The van der Waals surface area contributed by atoms with Crippen molar-refractivity contribution in [1.82, 2.24) is 19.9 Å². The highest BCUT2D eigenvalue weighted by Gasteiger charge is 2.11. The smallest absolute Gasteiger partial charge is 0.173 e. The van der Waals surface area contributed by atoms with Crippen molar-refractivity contribution in [2.24, 2.45) is 0 Å². The highest BCUT2D eigenvalue weighted by molar-refractivity contribution is 6.11. The lowest BCUT2D eigenvalue weighted by Gasteiger charge is -2.07. The number of fused-ring (bicyclic) bond motifs is 1. The maximum absolute atomic E-state index is 4.40. The lowest BCUT2D eigenvalue weighted by molar-refractivity contribution is -0.458. The minimum absolute atomic E-state index is 0.858. The van der Waals surface area contributed by atoms with E-state index in [1.165, 1.54) is 0 Å². The first-order valence-corrected chi connectivity index (χ1v) is 7.76. The predicted molar refractivity (Wildman–Crippen MR) is 96.4 cm³/mol. The van der Waals surface area contributed by atoms with Gasteiger partial charge in [0.1, 0.15) is 26.1 Å². The van der Waals surface area contributed by atoms with E-state index in [4.69, 9.17) is 0 Å². The van der Waals surface area contributed by atoms with Gasteiger partial charge in [0, 0.05) is 31.9 Å². The molecule has 0 aliphatic carbocycles. The van der Waals surface area contributed by atoms with Crippen molar-refractivity contribution < 1.29 is 4.58 Å². The number of allylic oxidation sites excluding steroid dienone is 1. The summed E-state index contributed by atoms with van der Waals surface area (Å²) >= 11 is 0. The number of H-pyrrole nitrogens is 1. The van der Waals surface area contributed by atoms with E-state index in [1.807, 2.05) is 77.6 Å². The zero-order valence-corrected chi connectivity index (χ0v) is 15.2. The zero-order chi connectivity index (χ0) is 17.1. The van der Waals surface area contributed by atoms with Crippen LogP contribution >= 0.6 is 0 Å². The molecule has 5 heteroatoms. The van der Waals surface area contributed by atoms with Crippen molar-refractivity contribution in [3.63, 3.8) is 0 Å². The highest BCUT2D eigenvalue weighted by atomic mass is 15.0. The summed E-state index contributed by atoms with van der Waals surface area (Å²) in [6.45, 7) is 8.00. The van der Waals surface area contributed by atoms with Gasteiger partial charge in [-0.1, -0.05) is 27.7 Å². The van der Waals surface area contributed by atoms with Crippen LogP contribution in [0.15, 0.2) is 24.8 Å². The van der Waals surface area contributed by atoms with Crippen molar-refractivity contribution in [2.45, 2.75) is 27.7 Å². The molecule has 1 N–H and O–H groups in total. The van der Waals surface area contributed by atoms with E-state index >= 15 is 0 Å². The van der Waals surface area contributed by atoms with Crippen molar-refractivity contribution in [3.8, 4) is 0 Å². The summed E-state index contributed by atoms with van der Waals surface area (Å²) in [5.74, 6) is 0. The molecule has 5 nitrogen and oxygen atoms in total. The standard InChI is InChI=1S/C13H18N5.2C2H6/c1-17(2)7-10(8-18(3)4)12-11-5-6-14-13(11)16-9-15-12;2*1-2/h5-9H,1-4H3,(H,14,15,16);2*1-2H3/q+1;;. The van der Waals surface area contributed by atoms with Crippen LogP contribution in [-0.4, -0.2) is 58.8 Å². The fraction of sp³-hybridized carbons (Fsp3) is 0.471. The van der Waals surface area contributed by atoms with Crippen LogP contribution in [0.3, 0.4) is 0 Å². The van der Waals surface area contributed by atoms with Crippen LogP contribution in [0.4, 0.5) is 0 Å². The number of aromatic amines is 1. The predicted octanol–water partition coefficient (Wildman–Crippen LogP) is 3.26. The highest BCUT2D eigenvalue weighted by Crippen LogP contribution is 2.19. The van der Waals surface area contributed by atoms with Gasteiger partial charge in [-0.05, 0) is 6.07 Å². The van der Waals surface area contributed by atoms with Gasteiger partial charge >= 0.3 is 0 Å². The quantitative estimate of drug-likeness (QED) is 0.699. The van der Waals surface area contributed by atoms with Gasteiger partial charge in [0.25, 0.3) is 0 Å². The monoisotopic (exact) mass is 304 g/mol. The van der Waals surface area contributed by atoms with E-state index in [0.29, 0.717) is 0 Å². The molecule has 0 radical (unpaired) electrons. The van der Waals surface area contributed by atoms with Gasteiger partial charge in [-0.15, -0.1) is 0 Å². The first-order valence-electron chi connectivity index (χ1n) is 7.76. The fourth-order valence-corrected chi connectivity index (χ4v) is 1.81. The van der Waals surface area contributed by atoms with Gasteiger partial charge in [-0.25, -0.2) is 14.5 Å². The van der Waals surface area contributed by atoms with Crippen LogP contribution < -0.4 is 0 Å². The molecule has 22 heavy (non-hydrogen) atoms. The Hall–Kier alpha value is -2.17. The molecule has 0 amide bonds. The van der Waals surface area contributed by atoms with Crippen molar-refractivity contribution in [1.29, 1.82) is 0 Å². The Balaban J connectivity index is 0.00000102. The Morgan fingerprint density at radius 2 is 1.77 bits per heavy atom. The fourth-order valence-electron chi connectivity index (χ4n) is 1.81. The molecule has 0 fully saturated rings. The lowest BCUT2D eigenvalue weighted by Crippen LogP contribution is -2.08. The van der Waals surface area contributed by atoms with Gasteiger partial charge in [-0.3, -0.25) is 0 Å². The van der Waals surface area contributed by atoms with Gasteiger partial charge in [0.05, 0.1) is 11.3 Å². The summed E-state index contributed by atoms with van der Waals surface area (Å²) in [5, 5.41) is 1.03. The van der Waals surface area contributed by atoms with E-state index in [-0.39, 0.29) is 0 Å². The van der Waals surface area contributed by atoms with E-state index in [9.17, 15) is 0 Å². The molecule has 2 aromatic rings. The van der Waals surface area contributed by atoms with E-state index in [0.717, 1.165) is 22.3 Å². The average Bonchev–Trinajstić information content (AvgIpc) is 2.98. The molecule has 2 aromatic heterocycles. The van der Waals surface area contributed by atoms with Gasteiger partial charge in [0.15, 0.2) is 6.21 Å². The SMILES string of the molecule is CC.CC.CN(C)/C=C(/C=[N+](C)C)c1ncnc2[nH]ccc12. The third kappa shape index (κ3) is 5.68. The van der Waals surface area contributed by atoms with Crippen molar-refractivity contribution in [2.75, 3.05) is 28.2 Å². The molecule has 2 heterocycles. The second-order valence-electron chi connectivity index (χ2n) is 4.60. The summed E-state index contributed by atoms with van der Waals surface area (Å²) in [6, 6.07) is 2.00. The van der Waals surface area contributed by atoms with Crippen LogP contribution in [-0.2, 0) is 0 Å². The molecule has 0 atom stereocenters. The summed E-state index contributed by atoms with van der Waals surface area (Å²) in [4.78, 5) is 13.7. The minimum atomic E-state index is 0.858. The second-order valence-corrected chi connectivity index (χ2v) is 4.60. The maximum atomic E-state index is 4.40. The van der Waals surface area contributed by atoms with Crippen LogP contribution in [0.25, 0.3) is 16.6 Å². The van der Waals surface area contributed by atoms with Gasteiger partial charge < -0.3 is 9.88 Å². The van der Waals surface area contributed by atoms with E-state index in [1.54, 1.807) is 6.33 Å². The van der Waals surface area contributed by atoms with Crippen LogP contribution in [0, 0.1) is 0 Å². The van der Waals surface area contributed by atoms with Crippen molar-refractivity contribution in [3.05, 3.63) is 30.5 Å². The first-order chi connectivity index (χ1) is 10.6. The Morgan fingerprint density at radius 1 is 1.14 bits per heavy atom. The minimum Gasteiger partial charge on any atom is -0.383 e. The molecule has 2 rings (SSSR count). The largest absolute Gasteiger partial charge is 0.383 e. The van der Waals surface area contributed by atoms with E-state index in [2.05, 4.69) is 27.4 Å². The third-order valence-corrected chi connectivity index (χ3v) is 2.42. The molecular formula is C17H30N5+. The van der Waals surface area contributed by atoms with Crippen molar-refractivity contribution >= 4 is 22.8 Å². The summed E-state index contributed by atoms with van der Waals surface area (Å²) in [5.41, 5.74) is 2.84. The molecule has 0 bridgehead atoms. The summed E-state index contributed by atoms with van der Waals surface area (Å²) in [6.07, 6.45) is 7.57. The molecule has 0 aliphatic rings. The Labute approximate surface area is 134 Å². The molecule has 122 valence electrons. The number of nitrogens with one attached hydrogen (secondary N) is 1. The number of aromatic nitrogens is 3. The molecule has 0 aliphatic heterocycles. The summed E-state index contributed by atoms with van der Waals surface area (Å²) in [7, 11) is 8.00. The first kappa shape index (κ1) is 19.8. The Bertz CT molecular complexity index is 604. The number of nitrogens with zero attached hydrogens (tertiary/aromatic N) is 4. The maximum Gasteiger partial charge on any atom is 0.173 e. The second kappa shape index (κ2) is 10.5. The summed E-state index contributed by atoms with van der Waals surface area (Å²) < 4.78 is 2.01. The topological polar surface area (TPSA) is 47.8 Å². The molecule has 0 spiro atoms. The lowest BCUT2D eigenvalue weighted by atomic mass is 10.1. The Kier molecular flexibility index (Phi) is 9.50. The number of hydrogen-bond donors (Lipinski definition) is 1. The molecule has 0 unspecified atom stereocenters. The molecule has 0 saturated carbocycles. The van der Waals surface area contributed by atoms with Crippen LogP contribution in [0.5, 0.6) is 0 Å². The van der Waals surface area contributed by atoms with Gasteiger partial charge in [-0.2, -0.15) is 0 Å². The third-order valence-electron chi connectivity index (χ3n) is 2.42. The average molecular weight is 304 g/mol. The number of hydrogen-bond acceptors (Lipinski definition) is 3. The normalized spacial score (nSPS) is 10.1. The molecular weight excluding hydrogens is 274 g/mol. The molecule has 0 saturated heterocycles. The number of rotatable bonds is 3. The Morgan fingerprint density at radius 3 is 2.32 bits per heavy atom. The zero-order valence-electron chi connectivity index (χ0n) is 15.2. The van der Waals surface area contributed by atoms with Gasteiger partial charge in [0.2, 0.25) is 0 Å². The van der Waals surface area contributed by atoms with Crippen LogP contribution in [0.1, 0.15) is 33.4 Å². The molecule has 0 aromatic carbocycles. The van der Waals surface area contributed by atoms with E-state index < -0.39 is 0 Å². The van der Waals surface area contributed by atoms with Crippen LogP contribution in [0.2, 0.25) is 0 Å².